The molecular weight excluding hydrogens is 324 g/mol. The molecular formula is C17H14N4O2S. The molecule has 0 saturated carbocycles. The Bertz CT molecular complexity index is 876. The molecule has 4 rings (SSSR count). The summed E-state index contributed by atoms with van der Waals surface area (Å²) in [6.07, 6.45) is 1.65. The number of hydrogen-bond acceptors (Lipinski definition) is 5. The lowest BCUT2D eigenvalue weighted by Crippen LogP contribution is -2.52. The maximum absolute atomic E-state index is 12.6. The zero-order valence-electron chi connectivity index (χ0n) is 12.8. The molecule has 120 valence electrons. The van der Waals surface area contributed by atoms with Gasteiger partial charge < -0.3 is 4.90 Å². The first kappa shape index (κ1) is 14.8. The number of carbonyl (C=O) groups excluding carboxylic acids is 2. The smallest absolute Gasteiger partial charge is 0.283 e. The van der Waals surface area contributed by atoms with Gasteiger partial charge in [-0.2, -0.15) is 0 Å². The number of nitrogens with zero attached hydrogens (tertiary/aromatic N) is 4. The number of benzene rings is 1. The molecule has 0 N–H and O–H groups in total. The molecule has 0 radical (unpaired) electrons. The molecule has 2 amide bonds. The number of pyridine rings is 1. The van der Waals surface area contributed by atoms with E-state index in [4.69, 9.17) is 0 Å². The summed E-state index contributed by atoms with van der Waals surface area (Å²) in [6, 6.07) is 13.1. The molecule has 1 aromatic carbocycles. The lowest BCUT2D eigenvalue weighted by molar-refractivity contribution is -0.120. The topological polar surface area (TPSA) is 66.4 Å². The lowest BCUT2D eigenvalue weighted by Gasteiger charge is -2.33. The third-order valence-corrected chi connectivity index (χ3v) is 4.93. The number of hydrogen-bond donors (Lipinski definition) is 0. The summed E-state index contributed by atoms with van der Waals surface area (Å²) in [7, 11) is 0. The minimum absolute atomic E-state index is 0.0470. The van der Waals surface area contributed by atoms with Crippen molar-refractivity contribution in [1.29, 1.82) is 0 Å². The highest BCUT2D eigenvalue weighted by molar-refractivity contribution is 7.20. The Kier molecular flexibility index (Phi) is 3.70. The minimum Gasteiger partial charge on any atom is -0.325 e. The molecule has 3 heterocycles. The number of anilines is 1. The molecule has 0 atom stereocenters. The summed E-state index contributed by atoms with van der Waals surface area (Å²) in [4.78, 5) is 36.8. The molecule has 7 heteroatoms. The quantitative estimate of drug-likeness (QED) is 0.718. The highest BCUT2D eigenvalue weighted by Crippen LogP contribution is 2.23. The van der Waals surface area contributed by atoms with Crippen molar-refractivity contribution in [2.45, 2.75) is 0 Å². The molecule has 0 bridgehead atoms. The van der Waals surface area contributed by atoms with E-state index in [2.05, 4.69) is 9.97 Å². The second-order valence-corrected chi connectivity index (χ2v) is 6.48. The Hall–Kier alpha value is -2.80. The summed E-state index contributed by atoms with van der Waals surface area (Å²) < 4.78 is 0.972. The fourth-order valence-corrected chi connectivity index (χ4v) is 3.63. The highest BCUT2D eigenvalue weighted by atomic mass is 32.1. The van der Waals surface area contributed by atoms with Crippen molar-refractivity contribution in [2.75, 3.05) is 24.5 Å². The van der Waals surface area contributed by atoms with Crippen LogP contribution < -0.4 is 4.90 Å². The first-order chi connectivity index (χ1) is 11.7. The Morgan fingerprint density at radius 3 is 2.67 bits per heavy atom. The standard InChI is InChI=1S/C17H14N4O2S/c22-15-11-20(9-10-21(15)14-7-3-4-8-18-14)17(23)16-19-12-5-1-2-6-13(12)24-16/h1-8H,9-11H2. The molecule has 0 unspecified atom stereocenters. The summed E-state index contributed by atoms with van der Waals surface area (Å²) in [6.45, 7) is 0.953. The van der Waals surface area contributed by atoms with Crippen molar-refractivity contribution in [3.05, 3.63) is 53.7 Å². The molecule has 6 nitrogen and oxygen atoms in total. The third kappa shape index (κ3) is 2.63. The molecule has 1 fully saturated rings. The molecule has 0 spiro atoms. The second-order valence-electron chi connectivity index (χ2n) is 5.45. The number of para-hydroxylation sites is 1. The van der Waals surface area contributed by atoms with E-state index < -0.39 is 0 Å². The molecule has 2 aromatic heterocycles. The molecule has 1 aliphatic heterocycles. The molecule has 1 aliphatic rings. The van der Waals surface area contributed by atoms with Gasteiger partial charge in [-0.3, -0.25) is 14.5 Å². The second kappa shape index (κ2) is 6.01. The van der Waals surface area contributed by atoms with Crippen LogP contribution in [0.25, 0.3) is 10.2 Å². The summed E-state index contributed by atoms with van der Waals surface area (Å²) in [5.41, 5.74) is 0.810. The highest BCUT2D eigenvalue weighted by Gasteiger charge is 2.30. The van der Waals surface area contributed by atoms with E-state index in [1.54, 1.807) is 28.1 Å². The first-order valence-electron chi connectivity index (χ1n) is 7.58. The SMILES string of the molecule is O=C(c1nc2ccccc2s1)N1CCN(c2ccccn2)C(=O)C1. The number of thiazole rings is 1. The maximum atomic E-state index is 12.6. The van der Waals surface area contributed by atoms with Crippen LogP contribution in [-0.4, -0.2) is 46.3 Å². The number of amides is 2. The monoisotopic (exact) mass is 338 g/mol. The van der Waals surface area contributed by atoms with Gasteiger partial charge in [0, 0.05) is 19.3 Å². The van der Waals surface area contributed by atoms with Crippen LogP contribution in [0.1, 0.15) is 9.80 Å². The van der Waals surface area contributed by atoms with Crippen LogP contribution in [0.5, 0.6) is 0 Å². The van der Waals surface area contributed by atoms with Crippen LogP contribution in [-0.2, 0) is 4.79 Å². The summed E-state index contributed by atoms with van der Waals surface area (Å²) >= 11 is 1.36. The Labute approximate surface area is 142 Å². The van der Waals surface area contributed by atoms with Crippen LogP contribution in [0.15, 0.2) is 48.7 Å². The molecule has 1 saturated heterocycles. The van der Waals surface area contributed by atoms with E-state index in [1.165, 1.54) is 11.3 Å². The first-order valence-corrected chi connectivity index (χ1v) is 8.40. The van der Waals surface area contributed by atoms with Crippen LogP contribution in [0.2, 0.25) is 0 Å². The van der Waals surface area contributed by atoms with E-state index in [-0.39, 0.29) is 18.4 Å². The van der Waals surface area contributed by atoms with E-state index in [0.717, 1.165) is 10.2 Å². The van der Waals surface area contributed by atoms with Gasteiger partial charge in [0.05, 0.1) is 10.2 Å². The van der Waals surface area contributed by atoms with Crippen molar-refractivity contribution in [2.24, 2.45) is 0 Å². The minimum atomic E-state index is -0.190. The van der Waals surface area contributed by atoms with Gasteiger partial charge in [-0.25, -0.2) is 9.97 Å². The average Bonchev–Trinajstić information content (AvgIpc) is 3.06. The number of fused-ring (bicyclic) bond motifs is 1. The summed E-state index contributed by atoms with van der Waals surface area (Å²) in [5.74, 6) is 0.300. The number of carbonyl (C=O) groups is 2. The number of piperazine rings is 1. The van der Waals surface area contributed by atoms with Crippen molar-refractivity contribution in [3.8, 4) is 0 Å². The van der Waals surface area contributed by atoms with Crippen LogP contribution in [0, 0.1) is 0 Å². The molecule has 3 aromatic rings. The number of aromatic nitrogens is 2. The van der Waals surface area contributed by atoms with Gasteiger partial charge in [-0.1, -0.05) is 18.2 Å². The zero-order chi connectivity index (χ0) is 16.5. The fraction of sp³-hybridized carbons (Fsp3) is 0.176. The van der Waals surface area contributed by atoms with E-state index in [9.17, 15) is 9.59 Å². The van der Waals surface area contributed by atoms with Crippen molar-refractivity contribution < 1.29 is 9.59 Å². The average molecular weight is 338 g/mol. The van der Waals surface area contributed by atoms with E-state index >= 15 is 0 Å². The predicted molar refractivity (Wildman–Crippen MR) is 92.1 cm³/mol. The van der Waals surface area contributed by atoms with Crippen LogP contribution >= 0.6 is 11.3 Å². The third-order valence-electron chi connectivity index (χ3n) is 3.91. The van der Waals surface area contributed by atoms with Crippen LogP contribution in [0.3, 0.4) is 0 Å². The summed E-state index contributed by atoms with van der Waals surface area (Å²) in [5, 5.41) is 0.426. The van der Waals surface area contributed by atoms with Gasteiger partial charge in [0.15, 0.2) is 5.01 Å². The van der Waals surface area contributed by atoms with Gasteiger partial charge in [0.2, 0.25) is 5.91 Å². The van der Waals surface area contributed by atoms with Gasteiger partial charge in [0.1, 0.15) is 12.4 Å². The van der Waals surface area contributed by atoms with E-state index in [1.807, 2.05) is 30.3 Å². The Balaban J connectivity index is 1.52. The largest absolute Gasteiger partial charge is 0.325 e. The zero-order valence-corrected chi connectivity index (χ0v) is 13.6. The van der Waals surface area contributed by atoms with Gasteiger partial charge in [0.25, 0.3) is 5.91 Å². The van der Waals surface area contributed by atoms with Gasteiger partial charge in [-0.05, 0) is 24.3 Å². The molecule has 0 aliphatic carbocycles. The van der Waals surface area contributed by atoms with E-state index in [0.29, 0.717) is 23.9 Å². The number of rotatable bonds is 2. The Morgan fingerprint density at radius 1 is 1.08 bits per heavy atom. The van der Waals surface area contributed by atoms with Gasteiger partial charge >= 0.3 is 0 Å². The lowest BCUT2D eigenvalue weighted by atomic mass is 10.3. The van der Waals surface area contributed by atoms with Crippen molar-refractivity contribution >= 4 is 39.2 Å². The van der Waals surface area contributed by atoms with Crippen molar-refractivity contribution in [1.82, 2.24) is 14.9 Å². The predicted octanol–water partition coefficient (Wildman–Crippen LogP) is 2.18. The maximum Gasteiger partial charge on any atom is 0.283 e. The van der Waals surface area contributed by atoms with Gasteiger partial charge in [-0.15, -0.1) is 11.3 Å². The van der Waals surface area contributed by atoms with Crippen molar-refractivity contribution in [3.63, 3.8) is 0 Å². The Morgan fingerprint density at radius 2 is 1.92 bits per heavy atom. The van der Waals surface area contributed by atoms with Crippen LogP contribution in [0.4, 0.5) is 5.82 Å². The normalized spacial score (nSPS) is 15.1. The molecule has 24 heavy (non-hydrogen) atoms. The fourth-order valence-electron chi connectivity index (χ4n) is 2.70.